The average molecular weight is 243 g/mol. The largest absolute Gasteiger partial charge is 0.347 e. The molecule has 0 spiro atoms. The van der Waals surface area contributed by atoms with Gasteiger partial charge in [0.2, 0.25) is 0 Å². The van der Waals surface area contributed by atoms with Crippen LogP contribution in [0.1, 0.15) is 36.3 Å². The number of aromatic amines is 1. The predicted molar refractivity (Wildman–Crippen MR) is 74.5 cm³/mol. The summed E-state index contributed by atoms with van der Waals surface area (Å²) in [7, 11) is 0. The standard InChI is InChI=1S/C15H21N3/c1-3-7-16-14(15-17-8-9-18-15)11-13-6-4-5-12(2)10-13/h4-6,8-10,14,16H,3,7,11H2,1-2H3,(H,17,18). The molecule has 2 rings (SSSR count). The second-order valence-corrected chi connectivity index (χ2v) is 4.67. The molecular weight excluding hydrogens is 222 g/mol. The van der Waals surface area contributed by atoms with Crippen LogP contribution in [0.2, 0.25) is 0 Å². The maximum atomic E-state index is 4.37. The Hall–Kier alpha value is -1.61. The van der Waals surface area contributed by atoms with Gasteiger partial charge in [-0.1, -0.05) is 36.8 Å². The van der Waals surface area contributed by atoms with Crippen molar-refractivity contribution in [1.82, 2.24) is 15.3 Å². The average Bonchev–Trinajstić information content (AvgIpc) is 2.88. The van der Waals surface area contributed by atoms with Crippen molar-refractivity contribution in [2.24, 2.45) is 0 Å². The zero-order valence-corrected chi connectivity index (χ0v) is 11.1. The fourth-order valence-corrected chi connectivity index (χ4v) is 2.13. The van der Waals surface area contributed by atoms with Gasteiger partial charge in [0.25, 0.3) is 0 Å². The lowest BCUT2D eigenvalue weighted by molar-refractivity contribution is 0.508. The van der Waals surface area contributed by atoms with Gasteiger partial charge in [-0.15, -0.1) is 0 Å². The van der Waals surface area contributed by atoms with Crippen LogP contribution in [0.25, 0.3) is 0 Å². The van der Waals surface area contributed by atoms with Crippen molar-refractivity contribution in [3.05, 3.63) is 53.6 Å². The molecule has 0 aliphatic rings. The van der Waals surface area contributed by atoms with Gasteiger partial charge in [0, 0.05) is 12.4 Å². The molecule has 0 radical (unpaired) electrons. The normalized spacial score (nSPS) is 12.6. The summed E-state index contributed by atoms with van der Waals surface area (Å²) in [6.07, 6.45) is 5.79. The molecule has 3 heteroatoms. The van der Waals surface area contributed by atoms with E-state index in [0.717, 1.165) is 25.2 Å². The van der Waals surface area contributed by atoms with E-state index in [1.807, 2.05) is 12.4 Å². The van der Waals surface area contributed by atoms with Gasteiger partial charge in [-0.2, -0.15) is 0 Å². The monoisotopic (exact) mass is 243 g/mol. The lowest BCUT2D eigenvalue weighted by atomic mass is 10.0. The minimum absolute atomic E-state index is 0.266. The fraction of sp³-hybridized carbons (Fsp3) is 0.400. The third kappa shape index (κ3) is 3.44. The molecule has 1 heterocycles. The molecule has 1 aromatic carbocycles. The van der Waals surface area contributed by atoms with Crippen LogP contribution in [-0.4, -0.2) is 16.5 Å². The molecule has 1 unspecified atom stereocenters. The van der Waals surface area contributed by atoms with Crippen molar-refractivity contribution in [2.75, 3.05) is 6.54 Å². The molecule has 3 nitrogen and oxygen atoms in total. The fourth-order valence-electron chi connectivity index (χ4n) is 2.13. The molecule has 0 aliphatic carbocycles. The molecule has 2 N–H and O–H groups in total. The summed E-state index contributed by atoms with van der Waals surface area (Å²) in [5.74, 6) is 1.02. The van der Waals surface area contributed by atoms with Gasteiger partial charge >= 0.3 is 0 Å². The maximum Gasteiger partial charge on any atom is 0.123 e. The molecule has 0 bridgehead atoms. The Morgan fingerprint density at radius 2 is 2.28 bits per heavy atom. The number of H-pyrrole nitrogens is 1. The summed E-state index contributed by atoms with van der Waals surface area (Å²) in [5.41, 5.74) is 2.65. The number of aromatic nitrogens is 2. The van der Waals surface area contributed by atoms with E-state index in [2.05, 4.69) is 53.4 Å². The van der Waals surface area contributed by atoms with Gasteiger partial charge < -0.3 is 10.3 Å². The lowest BCUT2D eigenvalue weighted by Crippen LogP contribution is -2.25. The Balaban J connectivity index is 2.10. The van der Waals surface area contributed by atoms with Gasteiger partial charge in [-0.3, -0.25) is 0 Å². The molecule has 18 heavy (non-hydrogen) atoms. The molecule has 1 aromatic heterocycles. The number of hydrogen-bond acceptors (Lipinski definition) is 2. The number of nitrogens with one attached hydrogen (secondary N) is 2. The summed E-state index contributed by atoms with van der Waals surface area (Å²) in [4.78, 5) is 7.58. The highest BCUT2D eigenvalue weighted by molar-refractivity contribution is 5.23. The molecule has 1 atom stereocenters. The molecule has 0 amide bonds. The Morgan fingerprint density at radius 3 is 2.94 bits per heavy atom. The molecule has 0 aliphatic heterocycles. The first-order valence-corrected chi connectivity index (χ1v) is 6.57. The summed E-state index contributed by atoms with van der Waals surface area (Å²) in [6, 6.07) is 8.93. The number of nitrogens with zero attached hydrogens (tertiary/aromatic N) is 1. The van der Waals surface area contributed by atoms with Crippen LogP contribution >= 0.6 is 0 Å². The first kappa shape index (κ1) is 12.8. The molecule has 96 valence electrons. The van der Waals surface area contributed by atoms with Crippen LogP contribution < -0.4 is 5.32 Å². The van der Waals surface area contributed by atoms with Crippen molar-refractivity contribution in [3.63, 3.8) is 0 Å². The molecule has 0 saturated carbocycles. The third-order valence-corrected chi connectivity index (χ3v) is 3.01. The van der Waals surface area contributed by atoms with E-state index < -0.39 is 0 Å². The zero-order valence-electron chi connectivity index (χ0n) is 11.1. The van der Waals surface area contributed by atoms with Gasteiger partial charge in [0.05, 0.1) is 6.04 Å². The van der Waals surface area contributed by atoms with Crippen LogP contribution in [0.4, 0.5) is 0 Å². The van der Waals surface area contributed by atoms with E-state index >= 15 is 0 Å². The van der Waals surface area contributed by atoms with Crippen LogP contribution in [0.5, 0.6) is 0 Å². The quantitative estimate of drug-likeness (QED) is 0.819. The number of aryl methyl sites for hydroxylation is 1. The topological polar surface area (TPSA) is 40.7 Å². The maximum absolute atomic E-state index is 4.37. The second kappa shape index (κ2) is 6.36. The van der Waals surface area contributed by atoms with Crippen molar-refractivity contribution in [1.29, 1.82) is 0 Å². The number of hydrogen-bond donors (Lipinski definition) is 2. The summed E-state index contributed by atoms with van der Waals surface area (Å²) < 4.78 is 0. The van der Waals surface area contributed by atoms with E-state index in [4.69, 9.17) is 0 Å². The first-order chi connectivity index (χ1) is 8.79. The van der Waals surface area contributed by atoms with E-state index in [-0.39, 0.29) is 6.04 Å². The summed E-state index contributed by atoms with van der Waals surface area (Å²) >= 11 is 0. The summed E-state index contributed by atoms with van der Waals surface area (Å²) in [6.45, 7) is 5.32. The molecule has 2 aromatic rings. The Labute approximate surface area is 109 Å². The smallest absolute Gasteiger partial charge is 0.123 e. The third-order valence-electron chi connectivity index (χ3n) is 3.01. The van der Waals surface area contributed by atoms with E-state index in [1.54, 1.807) is 0 Å². The summed E-state index contributed by atoms with van der Waals surface area (Å²) in [5, 5.41) is 3.55. The van der Waals surface area contributed by atoms with Gasteiger partial charge in [0.15, 0.2) is 0 Å². The Bertz CT molecular complexity index is 462. The number of benzene rings is 1. The molecular formula is C15H21N3. The van der Waals surface area contributed by atoms with Crippen molar-refractivity contribution >= 4 is 0 Å². The Kier molecular flexibility index (Phi) is 4.53. The van der Waals surface area contributed by atoms with Crippen LogP contribution in [0.3, 0.4) is 0 Å². The van der Waals surface area contributed by atoms with E-state index in [9.17, 15) is 0 Å². The van der Waals surface area contributed by atoms with Crippen molar-refractivity contribution < 1.29 is 0 Å². The van der Waals surface area contributed by atoms with Crippen LogP contribution in [-0.2, 0) is 6.42 Å². The Morgan fingerprint density at radius 1 is 1.39 bits per heavy atom. The SMILES string of the molecule is CCCNC(Cc1cccc(C)c1)c1ncc[nH]1. The van der Waals surface area contributed by atoms with Crippen molar-refractivity contribution in [3.8, 4) is 0 Å². The van der Waals surface area contributed by atoms with E-state index in [1.165, 1.54) is 11.1 Å². The molecule has 0 fully saturated rings. The van der Waals surface area contributed by atoms with E-state index in [0.29, 0.717) is 0 Å². The van der Waals surface area contributed by atoms with Gasteiger partial charge in [-0.25, -0.2) is 4.98 Å². The minimum atomic E-state index is 0.266. The number of imidazole rings is 1. The van der Waals surface area contributed by atoms with Crippen LogP contribution in [0.15, 0.2) is 36.7 Å². The zero-order chi connectivity index (χ0) is 12.8. The van der Waals surface area contributed by atoms with Crippen molar-refractivity contribution in [2.45, 2.75) is 32.7 Å². The second-order valence-electron chi connectivity index (χ2n) is 4.67. The first-order valence-electron chi connectivity index (χ1n) is 6.57. The molecule has 0 saturated heterocycles. The highest BCUT2D eigenvalue weighted by Gasteiger charge is 2.13. The highest BCUT2D eigenvalue weighted by Crippen LogP contribution is 2.16. The highest BCUT2D eigenvalue weighted by atomic mass is 15.0. The van der Waals surface area contributed by atoms with Crippen LogP contribution in [0, 0.1) is 6.92 Å². The van der Waals surface area contributed by atoms with Gasteiger partial charge in [0.1, 0.15) is 5.82 Å². The minimum Gasteiger partial charge on any atom is -0.347 e. The lowest BCUT2D eigenvalue weighted by Gasteiger charge is -2.16. The predicted octanol–water partition coefficient (Wildman–Crippen LogP) is 3.00. The van der Waals surface area contributed by atoms with Gasteiger partial charge in [-0.05, 0) is 31.9 Å². The number of rotatable bonds is 6.